The molecule has 1 atom stereocenters. The molecule has 2 saturated heterocycles. The first kappa shape index (κ1) is 24.6. The molecule has 32 heavy (non-hydrogen) atoms. The highest BCUT2D eigenvalue weighted by Crippen LogP contribution is 2.20. The lowest BCUT2D eigenvalue weighted by atomic mass is 10.1. The van der Waals surface area contributed by atoms with Gasteiger partial charge in [0, 0.05) is 71.1 Å². The van der Waals surface area contributed by atoms with E-state index in [9.17, 15) is 0 Å². The van der Waals surface area contributed by atoms with Crippen molar-refractivity contribution in [3.8, 4) is 5.75 Å². The number of piperazine rings is 1. The van der Waals surface area contributed by atoms with Crippen LogP contribution in [0.2, 0.25) is 0 Å². The molecular weight excluding hydrogens is 406 g/mol. The quantitative estimate of drug-likeness (QED) is 0.288. The molecule has 2 aliphatic rings. The summed E-state index contributed by atoms with van der Waals surface area (Å²) in [7, 11) is 3.53. The predicted octanol–water partition coefficient (Wildman–Crippen LogP) is 1.82. The maximum absolute atomic E-state index is 5.75. The average Bonchev–Trinajstić information content (AvgIpc) is 3.36. The van der Waals surface area contributed by atoms with Crippen molar-refractivity contribution >= 4 is 11.6 Å². The van der Waals surface area contributed by atoms with Gasteiger partial charge < -0.3 is 29.7 Å². The maximum Gasteiger partial charge on any atom is 0.190 e. The van der Waals surface area contributed by atoms with Crippen molar-refractivity contribution in [1.82, 2.24) is 15.5 Å². The van der Waals surface area contributed by atoms with Crippen LogP contribution in [0.5, 0.6) is 5.75 Å². The summed E-state index contributed by atoms with van der Waals surface area (Å²) in [6.07, 6.45) is 3.22. The standard InChI is InChI=1S/C24H41N5O3/c1-25-24(27-11-4-17-31-19-21-9-18-32-20-21)26-10-3-12-28-13-15-29(16-14-28)22-5-7-23(30-2)8-6-22/h5-8,21H,3-4,9-20H2,1-2H3,(H2,25,26,27). The molecule has 180 valence electrons. The molecule has 0 aromatic heterocycles. The van der Waals surface area contributed by atoms with Crippen molar-refractivity contribution in [2.45, 2.75) is 19.3 Å². The van der Waals surface area contributed by atoms with E-state index in [2.05, 4.69) is 37.6 Å². The number of ether oxygens (including phenoxy) is 3. The first-order valence-electron chi connectivity index (χ1n) is 12.0. The fraction of sp³-hybridized carbons (Fsp3) is 0.708. The van der Waals surface area contributed by atoms with Crippen LogP contribution in [0.25, 0.3) is 0 Å². The van der Waals surface area contributed by atoms with E-state index in [4.69, 9.17) is 14.2 Å². The van der Waals surface area contributed by atoms with Crippen molar-refractivity contribution in [1.29, 1.82) is 0 Å². The van der Waals surface area contributed by atoms with Gasteiger partial charge >= 0.3 is 0 Å². The number of benzene rings is 1. The monoisotopic (exact) mass is 447 g/mol. The molecular formula is C24H41N5O3. The van der Waals surface area contributed by atoms with Gasteiger partial charge in [-0.2, -0.15) is 0 Å². The fourth-order valence-corrected chi connectivity index (χ4v) is 4.10. The zero-order valence-corrected chi connectivity index (χ0v) is 19.9. The molecule has 0 aliphatic carbocycles. The summed E-state index contributed by atoms with van der Waals surface area (Å²) in [6, 6.07) is 8.36. The summed E-state index contributed by atoms with van der Waals surface area (Å²) in [4.78, 5) is 9.31. The molecule has 2 N–H and O–H groups in total. The zero-order chi connectivity index (χ0) is 22.4. The number of rotatable bonds is 12. The van der Waals surface area contributed by atoms with Gasteiger partial charge in [0.1, 0.15) is 5.75 Å². The Morgan fingerprint density at radius 3 is 2.50 bits per heavy atom. The molecule has 0 spiro atoms. The first-order chi connectivity index (χ1) is 15.8. The second-order valence-corrected chi connectivity index (χ2v) is 8.46. The molecule has 2 heterocycles. The van der Waals surface area contributed by atoms with Gasteiger partial charge in [-0.25, -0.2) is 0 Å². The Balaban J connectivity index is 1.19. The van der Waals surface area contributed by atoms with E-state index >= 15 is 0 Å². The van der Waals surface area contributed by atoms with Crippen LogP contribution in [-0.2, 0) is 9.47 Å². The minimum absolute atomic E-state index is 0.586. The fourth-order valence-electron chi connectivity index (χ4n) is 4.10. The lowest BCUT2D eigenvalue weighted by Gasteiger charge is -2.36. The van der Waals surface area contributed by atoms with Gasteiger partial charge in [0.2, 0.25) is 0 Å². The van der Waals surface area contributed by atoms with Crippen LogP contribution in [0, 0.1) is 5.92 Å². The molecule has 8 nitrogen and oxygen atoms in total. The largest absolute Gasteiger partial charge is 0.497 e. The van der Waals surface area contributed by atoms with Crippen LogP contribution in [0.4, 0.5) is 5.69 Å². The van der Waals surface area contributed by atoms with Gasteiger partial charge in [0.15, 0.2) is 5.96 Å². The molecule has 2 aliphatic heterocycles. The van der Waals surface area contributed by atoms with Gasteiger partial charge in [0.25, 0.3) is 0 Å². The van der Waals surface area contributed by atoms with Gasteiger partial charge in [-0.3, -0.25) is 9.89 Å². The van der Waals surface area contributed by atoms with Crippen molar-refractivity contribution in [2.24, 2.45) is 10.9 Å². The SMILES string of the molecule is CN=C(NCCCOCC1CCOC1)NCCCN1CCN(c2ccc(OC)cc2)CC1. The van der Waals surface area contributed by atoms with Gasteiger partial charge in [-0.1, -0.05) is 0 Å². The van der Waals surface area contributed by atoms with Gasteiger partial charge in [-0.15, -0.1) is 0 Å². The van der Waals surface area contributed by atoms with E-state index in [-0.39, 0.29) is 0 Å². The van der Waals surface area contributed by atoms with Crippen LogP contribution in [0.1, 0.15) is 19.3 Å². The number of guanidine groups is 1. The number of hydrogen-bond acceptors (Lipinski definition) is 6. The lowest BCUT2D eigenvalue weighted by Crippen LogP contribution is -2.47. The Morgan fingerprint density at radius 2 is 1.84 bits per heavy atom. The number of nitrogens with zero attached hydrogens (tertiary/aromatic N) is 3. The van der Waals surface area contributed by atoms with Crippen molar-refractivity contribution in [3.05, 3.63) is 24.3 Å². The second-order valence-electron chi connectivity index (χ2n) is 8.46. The smallest absolute Gasteiger partial charge is 0.190 e. The molecule has 1 aromatic rings. The molecule has 0 radical (unpaired) electrons. The van der Waals surface area contributed by atoms with Crippen LogP contribution >= 0.6 is 0 Å². The Labute approximate surface area is 193 Å². The van der Waals surface area contributed by atoms with E-state index in [1.54, 1.807) is 7.11 Å². The number of nitrogens with one attached hydrogen (secondary N) is 2. The van der Waals surface area contributed by atoms with Gasteiger partial charge in [0.05, 0.1) is 20.3 Å². The van der Waals surface area contributed by atoms with E-state index in [1.165, 1.54) is 5.69 Å². The highest BCUT2D eigenvalue weighted by Gasteiger charge is 2.17. The third-order valence-electron chi connectivity index (χ3n) is 6.11. The molecule has 1 aromatic carbocycles. The molecule has 8 heteroatoms. The van der Waals surface area contributed by atoms with Crippen LogP contribution in [0.15, 0.2) is 29.3 Å². The Hall–Kier alpha value is -2.03. The van der Waals surface area contributed by atoms with E-state index in [0.717, 1.165) is 103 Å². The maximum atomic E-state index is 5.75. The molecule has 0 saturated carbocycles. The molecule has 0 bridgehead atoms. The third kappa shape index (κ3) is 8.48. The zero-order valence-electron chi connectivity index (χ0n) is 19.9. The summed E-state index contributed by atoms with van der Waals surface area (Å²) in [6.45, 7) is 10.6. The minimum Gasteiger partial charge on any atom is -0.497 e. The Kier molecular flexibility index (Phi) is 10.9. The summed E-state index contributed by atoms with van der Waals surface area (Å²) in [5.41, 5.74) is 1.28. The Bertz CT molecular complexity index is 656. The second kappa shape index (κ2) is 14.2. The number of hydrogen-bond donors (Lipinski definition) is 2. The molecule has 2 fully saturated rings. The van der Waals surface area contributed by atoms with E-state index < -0.39 is 0 Å². The average molecular weight is 448 g/mol. The third-order valence-corrected chi connectivity index (χ3v) is 6.11. The summed E-state index contributed by atoms with van der Waals surface area (Å²) < 4.78 is 16.4. The minimum atomic E-state index is 0.586. The number of aliphatic imine (C=N–C) groups is 1. The highest BCUT2D eigenvalue weighted by atomic mass is 16.5. The van der Waals surface area contributed by atoms with Crippen LogP contribution < -0.4 is 20.3 Å². The first-order valence-corrected chi connectivity index (χ1v) is 12.0. The molecule has 1 unspecified atom stereocenters. The van der Waals surface area contributed by atoms with Crippen molar-refractivity contribution in [2.75, 3.05) is 91.3 Å². The lowest BCUT2D eigenvalue weighted by molar-refractivity contribution is 0.0888. The predicted molar refractivity (Wildman–Crippen MR) is 130 cm³/mol. The highest BCUT2D eigenvalue weighted by molar-refractivity contribution is 5.79. The van der Waals surface area contributed by atoms with E-state index in [1.807, 2.05) is 19.2 Å². The number of methoxy groups -OCH3 is 1. The summed E-state index contributed by atoms with van der Waals surface area (Å²) in [5.74, 6) is 2.37. The van der Waals surface area contributed by atoms with Crippen molar-refractivity contribution in [3.63, 3.8) is 0 Å². The van der Waals surface area contributed by atoms with E-state index in [0.29, 0.717) is 5.92 Å². The van der Waals surface area contributed by atoms with Crippen LogP contribution in [-0.4, -0.2) is 97.3 Å². The normalized spacial score (nSPS) is 19.9. The molecule has 0 amide bonds. The molecule has 3 rings (SSSR count). The van der Waals surface area contributed by atoms with Crippen LogP contribution in [0.3, 0.4) is 0 Å². The summed E-state index contributed by atoms with van der Waals surface area (Å²) >= 11 is 0. The van der Waals surface area contributed by atoms with Gasteiger partial charge in [-0.05, 0) is 50.1 Å². The Morgan fingerprint density at radius 1 is 1.09 bits per heavy atom. The summed E-state index contributed by atoms with van der Waals surface area (Å²) in [5, 5.41) is 6.80. The number of anilines is 1. The van der Waals surface area contributed by atoms with Crippen molar-refractivity contribution < 1.29 is 14.2 Å². The topological polar surface area (TPSA) is 70.6 Å².